The van der Waals surface area contributed by atoms with Crippen LogP contribution in [0.4, 0.5) is 18.9 Å². The smallest absolute Gasteiger partial charge is 0.417 e. The van der Waals surface area contributed by atoms with Crippen molar-refractivity contribution in [3.63, 3.8) is 0 Å². The molecule has 3 aromatic carbocycles. The van der Waals surface area contributed by atoms with Crippen LogP contribution in [0.15, 0.2) is 71.8 Å². The SMILES string of the molecule is COc1ccc(Cl)cc1C(=O)Nc1ccccc1C(=O)N/N=C/c1ccccc1C(F)(F)F. The summed E-state index contributed by atoms with van der Waals surface area (Å²) in [5, 5.41) is 6.56. The van der Waals surface area contributed by atoms with Gasteiger partial charge in [-0.05, 0) is 36.4 Å². The number of halogens is 4. The molecule has 33 heavy (non-hydrogen) atoms. The molecule has 0 bridgehead atoms. The molecule has 0 atom stereocenters. The summed E-state index contributed by atoms with van der Waals surface area (Å²) in [5.74, 6) is -1.02. The lowest BCUT2D eigenvalue weighted by atomic mass is 10.1. The van der Waals surface area contributed by atoms with E-state index in [0.717, 1.165) is 12.3 Å². The Bertz CT molecular complexity index is 1210. The van der Waals surface area contributed by atoms with Crippen LogP contribution in [0.5, 0.6) is 5.75 Å². The van der Waals surface area contributed by atoms with Crippen LogP contribution in [0.1, 0.15) is 31.8 Å². The highest BCUT2D eigenvalue weighted by molar-refractivity contribution is 6.31. The van der Waals surface area contributed by atoms with Gasteiger partial charge in [-0.25, -0.2) is 5.43 Å². The molecule has 0 spiro atoms. The molecule has 170 valence electrons. The highest BCUT2D eigenvalue weighted by atomic mass is 35.5. The number of para-hydroxylation sites is 1. The number of rotatable bonds is 6. The molecule has 0 radical (unpaired) electrons. The quantitative estimate of drug-likeness (QED) is 0.371. The van der Waals surface area contributed by atoms with Crippen LogP contribution in [0, 0.1) is 0 Å². The number of methoxy groups -OCH3 is 1. The van der Waals surface area contributed by atoms with Crippen LogP contribution in [-0.4, -0.2) is 25.1 Å². The molecule has 2 N–H and O–H groups in total. The standard InChI is InChI=1S/C23H17ClF3N3O3/c1-33-20-11-10-15(24)12-17(20)21(31)29-19-9-5-3-7-16(19)22(32)30-28-13-14-6-2-4-8-18(14)23(25,26)27/h2-13H,1H3,(H,29,31)(H,30,32)/b28-13+. The van der Waals surface area contributed by atoms with E-state index in [1.807, 2.05) is 0 Å². The Kier molecular flexibility index (Phi) is 7.34. The second-order valence-corrected chi connectivity index (χ2v) is 7.06. The summed E-state index contributed by atoms with van der Waals surface area (Å²) < 4.78 is 44.4. The Labute approximate surface area is 192 Å². The van der Waals surface area contributed by atoms with E-state index in [0.29, 0.717) is 5.02 Å². The van der Waals surface area contributed by atoms with Gasteiger partial charge in [0, 0.05) is 10.6 Å². The molecule has 0 aromatic heterocycles. The van der Waals surface area contributed by atoms with Crippen LogP contribution in [0.2, 0.25) is 5.02 Å². The molecule has 0 aliphatic rings. The van der Waals surface area contributed by atoms with Crippen molar-refractivity contribution in [1.29, 1.82) is 0 Å². The number of benzene rings is 3. The van der Waals surface area contributed by atoms with Crippen molar-refractivity contribution in [3.05, 3.63) is 94.0 Å². The Morgan fingerprint density at radius 3 is 2.39 bits per heavy atom. The van der Waals surface area contributed by atoms with E-state index in [9.17, 15) is 22.8 Å². The molecule has 0 fully saturated rings. The van der Waals surface area contributed by atoms with Crippen LogP contribution >= 0.6 is 11.6 Å². The fourth-order valence-corrected chi connectivity index (χ4v) is 3.10. The van der Waals surface area contributed by atoms with E-state index < -0.39 is 23.6 Å². The minimum atomic E-state index is -4.56. The molecule has 0 aliphatic carbocycles. The van der Waals surface area contributed by atoms with Crippen LogP contribution < -0.4 is 15.5 Å². The van der Waals surface area contributed by atoms with E-state index in [4.69, 9.17) is 16.3 Å². The molecular formula is C23H17ClF3N3O3. The zero-order chi connectivity index (χ0) is 24.0. The number of hydrazone groups is 1. The molecule has 0 heterocycles. The first-order valence-corrected chi connectivity index (χ1v) is 9.82. The van der Waals surface area contributed by atoms with Gasteiger partial charge in [-0.2, -0.15) is 18.3 Å². The summed E-state index contributed by atoms with van der Waals surface area (Å²) in [6.45, 7) is 0. The number of hydrogen-bond acceptors (Lipinski definition) is 4. The molecule has 0 unspecified atom stereocenters. The third-order valence-electron chi connectivity index (χ3n) is 4.46. The van der Waals surface area contributed by atoms with Crippen molar-refractivity contribution < 1.29 is 27.5 Å². The van der Waals surface area contributed by atoms with Gasteiger partial charge < -0.3 is 10.1 Å². The molecule has 0 saturated carbocycles. The molecule has 10 heteroatoms. The number of ether oxygens (including phenoxy) is 1. The van der Waals surface area contributed by atoms with Gasteiger partial charge in [-0.1, -0.05) is 41.9 Å². The molecule has 3 aromatic rings. The van der Waals surface area contributed by atoms with Gasteiger partial charge in [-0.15, -0.1) is 0 Å². The molecule has 2 amide bonds. The number of nitrogens with one attached hydrogen (secondary N) is 2. The number of alkyl halides is 3. The van der Waals surface area contributed by atoms with Crippen molar-refractivity contribution in [3.8, 4) is 5.75 Å². The van der Waals surface area contributed by atoms with Gasteiger partial charge in [0.15, 0.2) is 0 Å². The van der Waals surface area contributed by atoms with Crippen molar-refractivity contribution in [2.75, 3.05) is 12.4 Å². The van der Waals surface area contributed by atoms with Gasteiger partial charge in [0.25, 0.3) is 11.8 Å². The molecule has 0 aliphatic heterocycles. The van der Waals surface area contributed by atoms with Crippen molar-refractivity contribution in [2.45, 2.75) is 6.18 Å². The third-order valence-corrected chi connectivity index (χ3v) is 4.70. The average molecular weight is 476 g/mol. The van der Waals surface area contributed by atoms with E-state index in [1.165, 1.54) is 49.6 Å². The number of hydrogen-bond donors (Lipinski definition) is 2. The largest absolute Gasteiger partial charge is 0.496 e. The van der Waals surface area contributed by atoms with Crippen molar-refractivity contribution >= 4 is 35.3 Å². The number of anilines is 1. The maximum Gasteiger partial charge on any atom is 0.417 e. The lowest BCUT2D eigenvalue weighted by molar-refractivity contribution is -0.137. The summed E-state index contributed by atoms with van der Waals surface area (Å²) in [4.78, 5) is 25.3. The first-order chi connectivity index (χ1) is 15.7. The van der Waals surface area contributed by atoms with Crippen LogP contribution in [-0.2, 0) is 6.18 Å². The van der Waals surface area contributed by atoms with Crippen LogP contribution in [0.3, 0.4) is 0 Å². The minimum Gasteiger partial charge on any atom is -0.496 e. The number of carbonyl (C=O) groups is 2. The summed E-state index contributed by atoms with van der Waals surface area (Å²) in [7, 11) is 1.40. The van der Waals surface area contributed by atoms with Gasteiger partial charge in [0.05, 0.1) is 35.7 Å². The summed E-state index contributed by atoms with van der Waals surface area (Å²) >= 11 is 5.96. The third kappa shape index (κ3) is 5.89. The Morgan fingerprint density at radius 2 is 1.67 bits per heavy atom. The van der Waals surface area contributed by atoms with Gasteiger partial charge in [0.2, 0.25) is 0 Å². The Morgan fingerprint density at radius 1 is 0.970 bits per heavy atom. The number of nitrogens with zero attached hydrogens (tertiary/aromatic N) is 1. The molecular weight excluding hydrogens is 459 g/mol. The second-order valence-electron chi connectivity index (χ2n) is 6.63. The Balaban J connectivity index is 1.79. The zero-order valence-corrected chi connectivity index (χ0v) is 17.9. The Hall–Kier alpha value is -3.85. The highest BCUT2D eigenvalue weighted by Crippen LogP contribution is 2.31. The number of amides is 2. The zero-order valence-electron chi connectivity index (χ0n) is 17.1. The van der Waals surface area contributed by atoms with E-state index in [1.54, 1.807) is 18.2 Å². The molecule has 6 nitrogen and oxygen atoms in total. The topological polar surface area (TPSA) is 79.8 Å². The highest BCUT2D eigenvalue weighted by Gasteiger charge is 2.32. The van der Waals surface area contributed by atoms with Gasteiger partial charge in [0.1, 0.15) is 5.75 Å². The molecule has 3 rings (SSSR count). The predicted molar refractivity (Wildman–Crippen MR) is 119 cm³/mol. The van der Waals surface area contributed by atoms with Gasteiger partial charge in [-0.3, -0.25) is 9.59 Å². The van der Waals surface area contributed by atoms with E-state index in [2.05, 4.69) is 15.8 Å². The molecule has 0 saturated heterocycles. The maximum atomic E-state index is 13.1. The fourth-order valence-electron chi connectivity index (χ4n) is 2.93. The first kappa shape index (κ1) is 23.8. The average Bonchev–Trinajstić information content (AvgIpc) is 2.79. The first-order valence-electron chi connectivity index (χ1n) is 9.44. The van der Waals surface area contributed by atoms with Crippen molar-refractivity contribution in [1.82, 2.24) is 5.43 Å². The fraction of sp³-hybridized carbons (Fsp3) is 0.0870. The van der Waals surface area contributed by atoms with Crippen LogP contribution in [0.25, 0.3) is 0 Å². The maximum absolute atomic E-state index is 13.1. The van der Waals surface area contributed by atoms with E-state index >= 15 is 0 Å². The monoisotopic (exact) mass is 475 g/mol. The minimum absolute atomic E-state index is 0.0492. The second kappa shape index (κ2) is 10.2. The normalized spacial score (nSPS) is 11.3. The summed E-state index contributed by atoms with van der Waals surface area (Å²) in [5.41, 5.74) is 1.45. The van der Waals surface area contributed by atoms with Crippen molar-refractivity contribution in [2.24, 2.45) is 5.10 Å². The van der Waals surface area contributed by atoms with Gasteiger partial charge >= 0.3 is 6.18 Å². The van der Waals surface area contributed by atoms with E-state index in [-0.39, 0.29) is 28.1 Å². The summed E-state index contributed by atoms with van der Waals surface area (Å²) in [6, 6.07) is 15.4. The summed E-state index contributed by atoms with van der Waals surface area (Å²) in [6.07, 6.45) is -3.66. The lowest BCUT2D eigenvalue weighted by Crippen LogP contribution is -2.21. The predicted octanol–water partition coefficient (Wildman–Crippen LogP) is 5.38. The number of carbonyl (C=O) groups excluding carboxylic acids is 2. The lowest BCUT2D eigenvalue weighted by Gasteiger charge is -2.12.